The van der Waals surface area contributed by atoms with Crippen molar-refractivity contribution in [2.45, 2.75) is 25.9 Å². The third-order valence-electron chi connectivity index (χ3n) is 3.64. The van der Waals surface area contributed by atoms with Crippen LogP contribution in [0.25, 0.3) is 0 Å². The number of hydrogen-bond acceptors (Lipinski definition) is 4. The van der Waals surface area contributed by atoms with Gasteiger partial charge in [-0.1, -0.05) is 6.92 Å². The Morgan fingerprint density at radius 3 is 3.06 bits per heavy atom. The maximum atomic E-state index is 5.60. The number of rotatable bonds is 4. The monoisotopic (exact) mass is 244 g/mol. The highest BCUT2D eigenvalue weighted by Gasteiger charge is 2.31. The number of likely N-dealkylation sites (N-methyl/N-ethyl adjacent to an activating group) is 1. The summed E-state index contributed by atoms with van der Waals surface area (Å²) in [5.41, 5.74) is 0. The second kappa shape index (κ2) is 6.24. The van der Waals surface area contributed by atoms with Crippen LogP contribution in [0.15, 0.2) is 0 Å². The van der Waals surface area contributed by atoms with Crippen molar-refractivity contribution < 1.29 is 4.74 Å². The fraction of sp³-hybridized carbons (Fsp3) is 1.00. The lowest BCUT2D eigenvalue weighted by molar-refractivity contribution is 0.156. The zero-order valence-electron chi connectivity index (χ0n) is 10.4. The zero-order valence-corrected chi connectivity index (χ0v) is 11.3. The number of nitrogens with one attached hydrogen (secondary N) is 1. The molecule has 0 aromatic carbocycles. The average Bonchev–Trinajstić information content (AvgIpc) is 2.70. The molecule has 4 heteroatoms. The van der Waals surface area contributed by atoms with Crippen molar-refractivity contribution in [2.24, 2.45) is 5.92 Å². The number of thioether (sulfide) groups is 1. The molecular weight excluding hydrogens is 220 g/mol. The molecule has 1 N–H and O–H groups in total. The summed E-state index contributed by atoms with van der Waals surface area (Å²) in [6.45, 7) is 9.87. The molecule has 0 radical (unpaired) electrons. The first-order valence-electron chi connectivity index (χ1n) is 6.44. The van der Waals surface area contributed by atoms with Gasteiger partial charge in [0.05, 0.1) is 13.2 Å². The Hall–Kier alpha value is 0.230. The minimum absolute atomic E-state index is 0.576. The van der Waals surface area contributed by atoms with E-state index in [0.29, 0.717) is 12.0 Å². The third-order valence-corrected chi connectivity index (χ3v) is 4.83. The Morgan fingerprint density at radius 1 is 1.44 bits per heavy atom. The quantitative estimate of drug-likeness (QED) is 0.799. The van der Waals surface area contributed by atoms with Crippen LogP contribution in [-0.4, -0.2) is 61.3 Å². The molecule has 0 amide bonds. The lowest BCUT2D eigenvalue weighted by Gasteiger charge is -2.35. The molecule has 0 aromatic rings. The van der Waals surface area contributed by atoms with Gasteiger partial charge in [0, 0.05) is 42.6 Å². The van der Waals surface area contributed by atoms with E-state index in [1.54, 1.807) is 0 Å². The van der Waals surface area contributed by atoms with Crippen molar-refractivity contribution >= 4 is 11.8 Å². The van der Waals surface area contributed by atoms with Crippen LogP contribution in [-0.2, 0) is 4.74 Å². The van der Waals surface area contributed by atoms with Crippen LogP contribution in [0.2, 0.25) is 0 Å². The van der Waals surface area contributed by atoms with E-state index in [1.165, 1.54) is 24.6 Å². The first kappa shape index (κ1) is 12.7. The Labute approximate surface area is 103 Å². The van der Waals surface area contributed by atoms with Crippen LogP contribution < -0.4 is 5.32 Å². The summed E-state index contributed by atoms with van der Waals surface area (Å²) in [6, 6.07) is 1.31. The van der Waals surface area contributed by atoms with Gasteiger partial charge in [0.1, 0.15) is 0 Å². The molecule has 0 bridgehead atoms. The van der Waals surface area contributed by atoms with Crippen molar-refractivity contribution in [3.8, 4) is 0 Å². The molecule has 0 aliphatic carbocycles. The Morgan fingerprint density at radius 2 is 2.31 bits per heavy atom. The first-order chi connectivity index (χ1) is 7.81. The molecule has 3 unspecified atom stereocenters. The number of hydrogen-bond donors (Lipinski definition) is 1. The third kappa shape index (κ3) is 3.13. The molecule has 3 nitrogen and oxygen atoms in total. The van der Waals surface area contributed by atoms with E-state index < -0.39 is 0 Å². The minimum atomic E-state index is 0.576. The molecule has 3 atom stereocenters. The van der Waals surface area contributed by atoms with E-state index in [2.05, 4.69) is 35.8 Å². The lowest BCUT2D eigenvalue weighted by atomic mass is 10.0. The molecule has 2 heterocycles. The Balaban J connectivity index is 1.82. The molecule has 0 saturated carbocycles. The van der Waals surface area contributed by atoms with Gasteiger partial charge in [-0.3, -0.25) is 4.90 Å². The normalized spacial score (nSPS) is 36.8. The van der Waals surface area contributed by atoms with E-state index in [-0.39, 0.29) is 0 Å². The predicted molar refractivity (Wildman–Crippen MR) is 70.1 cm³/mol. The SMILES string of the molecule is CCNC1COCC1CN1CCSCC1C. The van der Waals surface area contributed by atoms with Crippen molar-refractivity contribution in [3.63, 3.8) is 0 Å². The van der Waals surface area contributed by atoms with Gasteiger partial charge in [-0.2, -0.15) is 11.8 Å². The van der Waals surface area contributed by atoms with Gasteiger partial charge in [-0.05, 0) is 13.5 Å². The number of ether oxygens (including phenoxy) is 1. The van der Waals surface area contributed by atoms with Crippen molar-refractivity contribution in [2.75, 3.05) is 44.4 Å². The number of nitrogens with zero attached hydrogens (tertiary/aromatic N) is 1. The summed E-state index contributed by atoms with van der Waals surface area (Å²) in [5, 5.41) is 3.54. The summed E-state index contributed by atoms with van der Waals surface area (Å²) in [5.74, 6) is 3.27. The highest BCUT2D eigenvalue weighted by molar-refractivity contribution is 7.99. The minimum Gasteiger partial charge on any atom is -0.379 e. The largest absolute Gasteiger partial charge is 0.379 e. The van der Waals surface area contributed by atoms with Gasteiger partial charge in [0.25, 0.3) is 0 Å². The maximum absolute atomic E-state index is 5.60. The summed E-state index contributed by atoms with van der Waals surface area (Å²) in [6.07, 6.45) is 0. The van der Waals surface area contributed by atoms with Crippen LogP contribution >= 0.6 is 11.8 Å². The molecule has 2 fully saturated rings. The van der Waals surface area contributed by atoms with E-state index in [9.17, 15) is 0 Å². The standard InChI is InChI=1S/C12H24N2OS/c1-3-13-12-8-15-7-11(12)6-14-4-5-16-9-10(14)2/h10-13H,3-9H2,1-2H3. The molecule has 0 spiro atoms. The summed E-state index contributed by atoms with van der Waals surface area (Å²) in [7, 11) is 0. The van der Waals surface area contributed by atoms with Gasteiger partial charge in [-0.15, -0.1) is 0 Å². The van der Waals surface area contributed by atoms with Crippen LogP contribution in [0.3, 0.4) is 0 Å². The molecule has 2 rings (SSSR count). The smallest absolute Gasteiger partial charge is 0.0623 e. The Kier molecular flexibility index (Phi) is 4.95. The molecule has 0 aromatic heterocycles. The van der Waals surface area contributed by atoms with Gasteiger partial charge in [0.2, 0.25) is 0 Å². The topological polar surface area (TPSA) is 24.5 Å². The molecule has 2 aliphatic rings. The van der Waals surface area contributed by atoms with E-state index in [0.717, 1.165) is 25.8 Å². The molecule has 2 saturated heterocycles. The fourth-order valence-corrected chi connectivity index (χ4v) is 3.68. The van der Waals surface area contributed by atoms with Gasteiger partial charge >= 0.3 is 0 Å². The highest BCUT2D eigenvalue weighted by atomic mass is 32.2. The lowest BCUT2D eigenvalue weighted by Crippen LogP contribution is -2.47. The van der Waals surface area contributed by atoms with Crippen molar-refractivity contribution in [3.05, 3.63) is 0 Å². The zero-order chi connectivity index (χ0) is 11.4. The van der Waals surface area contributed by atoms with Crippen LogP contribution in [0.4, 0.5) is 0 Å². The molecular formula is C12H24N2OS. The fourth-order valence-electron chi connectivity index (χ4n) is 2.60. The highest BCUT2D eigenvalue weighted by Crippen LogP contribution is 2.21. The maximum Gasteiger partial charge on any atom is 0.0623 e. The summed E-state index contributed by atoms with van der Waals surface area (Å²) >= 11 is 2.09. The van der Waals surface area contributed by atoms with E-state index in [1.807, 2.05) is 0 Å². The van der Waals surface area contributed by atoms with Crippen LogP contribution in [0.5, 0.6) is 0 Å². The second-order valence-electron chi connectivity index (χ2n) is 4.88. The molecule has 2 aliphatic heterocycles. The van der Waals surface area contributed by atoms with E-state index in [4.69, 9.17) is 4.74 Å². The summed E-state index contributed by atoms with van der Waals surface area (Å²) in [4.78, 5) is 2.64. The van der Waals surface area contributed by atoms with Crippen LogP contribution in [0.1, 0.15) is 13.8 Å². The van der Waals surface area contributed by atoms with E-state index >= 15 is 0 Å². The average molecular weight is 244 g/mol. The van der Waals surface area contributed by atoms with Crippen LogP contribution in [0, 0.1) is 5.92 Å². The first-order valence-corrected chi connectivity index (χ1v) is 7.59. The molecule has 16 heavy (non-hydrogen) atoms. The molecule has 94 valence electrons. The van der Waals surface area contributed by atoms with Gasteiger partial charge < -0.3 is 10.1 Å². The predicted octanol–water partition coefficient (Wildman–Crippen LogP) is 1.05. The van der Waals surface area contributed by atoms with Crippen molar-refractivity contribution in [1.29, 1.82) is 0 Å². The van der Waals surface area contributed by atoms with Crippen molar-refractivity contribution in [1.82, 2.24) is 10.2 Å². The van der Waals surface area contributed by atoms with Gasteiger partial charge in [0.15, 0.2) is 0 Å². The summed E-state index contributed by atoms with van der Waals surface area (Å²) < 4.78 is 5.60. The Bertz CT molecular complexity index is 215. The van der Waals surface area contributed by atoms with Gasteiger partial charge in [-0.25, -0.2) is 0 Å². The second-order valence-corrected chi connectivity index (χ2v) is 6.03.